The zero-order valence-corrected chi connectivity index (χ0v) is 28.1. The lowest BCUT2D eigenvalue weighted by atomic mass is 9.83. The Bertz CT molecular complexity index is 1840. The first-order valence-electron chi connectivity index (χ1n) is 15.0. The molecule has 0 amide bonds. The van der Waals surface area contributed by atoms with Crippen LogP contribution < -0.4 is 39.4 Å². The molecule has 1 aliphatic heterocycles. The quantitative estimate of drug-likeness (QED) is 0.289. The molecular formula is C34H40N2O9S. The summed E-state index contributed by atoms with van der Waals surface area (Å²) < 4.78 is 35.4. The highest BCUT2D eigenvalue weighted by Crippen LogP contribution is 2.41. The smallest absolute Gasteiger partial charge is 0.338 e. The molecule has 2 N–H and O–H groups in total. The van der Waals surface area contributed by atoms with Crippen LogP contribution in [0.25, 0.3) is 17.5 Å². The number of nitrogens with zero attached hydrogens (tertiary/aromatic N) is 1. The summed E-state index contributed by atoms with van der Waals surface area (Å²) in [7, 11) is 3.03. The molecular weight excluding hydrogens is 612 g/mol. The number of carbonyl (C=O) groups is 2. The lowest BCUT2D eigenvalue weighted by molar-refractivity contribution is -0.138. The van der Waals surface area contributed by atoms with Crippen molar-refractivity contribution in [2.45, 2.75) is 59.7 Å². The molecule has 0 unspecified atom stereocenters. The summed E-state index contributed by atoms with van der Waals surface area (Å²) in [6.07, 6.45) is 1.47. The molecule has 0 spiro atoms. The number of fused-ring (bicyclic) bond motifs is 1. The first-order chi connectivity index (χ1) is 21.9. The van der Waals surface area contributed by atoms with Crippen LogP contribution >= 0.6 is 11.3 Å². The molecule has 1 aliphatic rings. The monoisotopic (exact) mass is 652 g/mol. The number of aromatic nitrogens is 1. The normalized spacial score (nSPS) is 14.8. The van der Waals surface area contributed by atoms with E-state index >= 15 is 0 Å². The second-order valence-electron chi connectivity index (χ2n) is 10.8. The van der Waals surface area contributed by atoms with Crippen molar-refractivity contribution in [3.05, 3.63) is 72.6 Å². The number of nitrogens with two attached hydrogens (primary N) is 1. The molecule has 0 saturated heterocycles. The predicted octanol–water partition coefficient (Wildman–Crippen LogP) is 3.53. The van der Waals surface area contributed by atoms with Crippen molar-refractivity contribution < 1.29 is 38.0 Å². The number of hydrogen-bond donors (Lipinski definition) is 1. The first kappa shape index (κ1) is 34.2. The van der Waals surface area contributed by atoms with Gasteiger partial charge in [-0.2, -0.15) is 0 Å². The molecule has 0 aliphatic carbocycles. The number of benzene rings is 2. The Kier molecular flexibility index (Phi) is 10.8. The fourth-order valence-electron chi connectivity index (χ4n) is 5.09. The van der Waals surface area contributed by atoms with Gasteiger partial charge in [-0.25, -0.2) is 9.59 Å². The molecule has 2 heterocycles. The van der Waals surface area contributed by atoms with Gasteiger partial charge in [-0.05, 0) is 83.0 Å². The summed E-state index contributed by atoms with van der Waals surface area (Å²) in [5.74, 6) is -0.747. The van der Waals surface area contributed by atoms with Gasteiger partial charge in [0.25, 0.3) is 5.56 Å². The van der Waals surface area contributed by atoms with E-state index in [9.17, 15) is 14.4 Å². The van der Waals surface area contributed by atoms with Crippen LogP contribution in [-0.4, -0.2) is 56.1 Å². The molecule has 12 heteroatoms. The number of esters is 2. The molecule has 2 aromatic carbocycles. The largest absolute Gasteiger partial charge is 0.493 e. The summed E-state index contributed by atoms with van der Waals surface area (Å²) in [6.45, 7) is 11.0. The number of hydrogen-bond acceptors (Lipinski definition) is 11. The van der Waals surface area contributed by atoms with Gasteiger partial charge in [0.1, 0.15) is 10.5 Å². The van der Waals surface area contributed by atoms with E-state index in [1.54, 1.807) is 56.3 Å². The van der Waals surface area contributed by atoms with E-state index in [-0.39, 0.29) is 51.6 Å². The number of thiazole rings is 1. The maximum absolute atomic E-state index is 14.0. The SMILES string of the molecule is CCOC(=O)C1=C(N)n2c(s/c(=C/c3ccc(OC(C)C)c(OC)c3)c2=O)=C(C(=O)OCC)[C@H]1c1ccc(OC(C)C)c(OC)c1. The second kappa shape index (κ2) is 14.6. The number of rotatable bonds is 12. The average molecular weight is 653 g/mol. The minimum atomic E-state index is -1.04. The second-order valence-corrected chi connectivity index (χ2v) is 11.8. The summed E-state index contributed by atoms with van der Waals surface area (Å²) in [5, 5.41) is 0. The molecule has 3 aromatic rings. The van der Waals surface area contributed by atoms with Crippen LogP contribution in [0.2, 0.25) is 0 Å². The fourth-order valence-corrected chi connectivity index (χ4v) is 6.25. The standard InChI is InChI=1S/C34H40N2O9S/c1-9-42-33(38)28-27(21-12-14-23(45-19(5)6)25(17-21)41-8)29(34(39)43-10-2)32-36(30(28)35)31(37)26(46-32)16-20-11-13-22(44-18(3)4)24(15-20)40-7/h11-19,27H,9-10,35H2,1-8H3/b26-16+/t27-/m0/s1. The average Bonchev–Trinajstić information content (AvgIpc) is 3.32. The summed E-state index contributed by atoms with van der Waals surface area (Å²) in [4.78, 5) is 41.3. The van der Waals surface area contributed by atoms with Crippen LogP contribution in [-0.2, 0) is 19.1 Å². The minimum absolute atomic E-state index is 0.0460. The first-order valence-corrected chi connectivity index (χ1v) is 15.8. The minimum Gasteiger partial charge on any atom is -0.493 e. The third-order valence-electron chi connectivity index (χ3n) is 6.87. The van der Waals surface area contributed by atoms with E-state index in [4.69, 9.17) is 34.2 Å². The molecule has 0 bridgehead atoms. The van der Waals surface area contributed by atoms with Gasteiger partial charge >= 0.3 is 11.9 Å². The highest BCUT2D eigenvalue weighted by molar-refractivity contribution is 7.07. The van der Waals surface area contributed by atoms with Gasteiger partial charge in [-0.1, -0.05) is 12.1 Å². The van der Waals surface area contributed by atoms with Crippen LogP contribution in [0, 0.1) is 0 Å². The van der Waals surface area contributed by atoms with E-state index in [2.05, 4.69) is 0 Å². The maximum atomic E-state index is 14.0. The van der Waals surface area contributed by atoms with Crippen LogP contribution in [0.5, 0.6) is 23.0 Å². The molecule has 0 saturated carbocycles. The van der Waals surface area contributed by atoms with Crippen molar-refractivity contribution in [2.75, 3.05) is 27.4 Å². The van der Waals surface area contributed by atoms with Crippen molar-refractivity contribution in [3.63, 3.8) is 0 Å². The predicted molar refractivity (Wildman–Crippen MR) is 176 cm³/mol. The molecule has 246 valence electrons. The van der Waals surface area contributed by atoms with Gasteiger partial charge in [-0.15, -0.1) is 11.3 Å². The molecule has 11 nitrogen and oxygen atoms in total. The van der Waals surface area contributed by atoms with Gasteiger partial charge in [-0.3, -0.25) is 9.36 Å². The lowest BCUT2D eigenvalue weighted by Gasteiger charge is -2.27. The van der Waals surface area contributed by atoms with E-state index in [1.807, 2.05) is 27.7 Å². The molecule has 0 fully saturated rings. The molecule has 1 atom stereocenters. The third kappa shape index (κ3) is 6.91. The number of methoxy groups -OCH3 is 2. The highest BCUT2D eigenvalue weighted by Gasteiger charge is 2.40. The van der Waals surface area contributed by atoms with Crippen molar-refractivity contribution in [3.8, 4) is 23.0 Å². The Balaban J connectivity index is 2.05. The maximum Gasteiger partial charge on any atom is 0.338 e. The number of ether oxygens (including phenoxy) is 6. The Morgan fingerprint density at radius 1 is 0.848 bits per heavy atom. The van der Waals surface area contributed by atoms with E-state index in [0.717, 1.165) is 11.3 Å². The third-order valence-corrected chi connectivity index (χ3v) is 7.98. The molecule has 0 radical (unpaired) electrons. The van der Waals surface area contributed by atoms with Gasteiger partial charge in [0.2, 0.25) is 0 Å². The van der Waals surface area contributed by atoms with Crippen LogP contribution in [0.4, 0.5) is 0 Å². The zero-order chi connectivity index (χ0) is 33.7. The Hall–Kier alpha value is -4.71. The Morgan fingerprint density at radius 3 is 1.93 bits per heavy atom. The van der Waals surface area contributed by atoms with Crippen LogP contribution in [0.3, 0.4) is 0 Å². The van der Waals surface area contributed by atoms with E-state index in [1.165, 1.54) is 18.8 Å². The van der Waals surface area contributed by atoms with Gasteiger partial charge in [0.05, 0.1) is 61.2 Å². The van der Waals surface area contributed by atoms with Crippen molar-refractivity contribution in [1.29, 1.82) is 0 Å². The van der Waals surface area contributed by atoms with E-state index < -0.39 is 23.4 Å². The summed E-state index contributed by atoms with van der Waals surface area (Å²) in [6, 6.07) is 10.4. The van der Waals surface area contributed by atoms with Gasteiger partial charge in [0.15, 0.2) is 23.0 Å². The van der Waals surface area contributed by atoms with Gasteiger partial charge in [0, 0.05) is 0 Å². The molecule has 46 heavy (non-hydrogen) atoms. The molecule has 1 aromatic heterocycles. The van der Waals surface area contributed by atoms with Crippen LogP contribution in [0.15, 0.2) is 46.8 Å². The summed E-state index contributed by atoms with van der Waals surface area (Å²) >= 11 is 1.06. The lowest BCUT2D eigenvalue weighted by Crippen LogP contribution is -2.42. The topological polar surface area (TPSA) is 138 Å². The number of carbonyl (C=O) groups excluding carboxylic acids is 2. The summed E-state index contributed by atoms with van der Waals surface area (Å²) in [5.41, 5.74) is 7.27. The fraction of sp³-hybridized carbons (Fsp3) is 0.382. The van der Waals surface area contributed by atoms with Crippen molar-refractivity contribution >= 4 is 40.7 Å². The van der Waals surface area contributed by atoms with E-state index in [0.29, 0.717) is 34.1 Å². The van der Waals surface area contributed by atoms with Crippen molar-refractivity contribution in [2.24, 2.45) is 5.73 Å². The van der Waals surface area contributed by atoms with Gasteiger partial charge < -0.3 is 34.2 Å². The van der Waals surface area contributed by atoms with Crippen LogP contribution in [0.1, 0.15) is 58.6 Å². The zero-order valence-electron chi connectivity index (χ0n) is 27.3. The molecule has 4 rings (SSSR count). The van der Waals surface area contributed by atoms with Crippen molar-refractivity contribution in [1.82, 2.24) is 4.57 Å². The highest BCUT2D eigenvalue weighted by atomic mass is 32.1. The Morgan fingerprint density at radius 2 is 1.39 bits per heavy atom. The Labute approximate surface area is 271 Å².